The van der Waals surface area contributed by atoms with E-state index >= 15 is 0 Å². The zero-order valence-electron chi connectivity index (χ0n) is 10.6. The van der Waals surface area contributed by atoms with E-state index in [-0.39, 0.29) is 11.3 Å². The Morgan fingerprint density at radius 1 is 1.63 bits per heavy atom. The fraction of sp³-hybridized carbons (Fsp3) is 0.385. The molecule has 1 aromatic rings. The number of nitrogens with zero attached hydrogens (tertiary/aromatic N) is 2. The molecule has 4 nitrogen and oxygen atoms in total. The van der Waals surface area contributed by atoms with Gasteiger partial charge >= 0.3 is 6.55 Å². The molecule has 0 aliphatic rings. The van der Waals surface area contributed by atoms with Gasteiger partial charge < -0.3 is 5.32 Å². The summed E-state index contributed by atoms with van der Waals surface area (Å²) in [5, 5.41) is 11.5. The van der Waals surface area contributed by atoms with Crippen molar-refractivity contribution in [1.82, 2.24) is 9.88 Å². The Hall–Kier alpha value is -2.16. The number of alkyl halides is 2. The highest BCUT2D eigenvalue weighted by atomic mass is 19.3. The molecule has 0 radical (unpaired) electrons. The minimum absolute atomic E-state index is 0.122. The third-order valence-corrected chi connectivity index (χ3v) is 2.50. The van der Waals surface area contributed by atoms with E-state index in [1.165, 1.54) is 18.3 Å². The van der Waals surface area contributed by atoms with Crippen LogP contribution in [0, 0.1) is 11.3 Å². The first kappa shape index (κ1) is 14.9. The number of hydrogen-bond donors (Lipinski definition) is 1. The van der Waals surface area contributed by atoms with Gasteiger partial charge in [-0.1, -0.05) is 13.3 Å². The summed E-state index contributed by atoms with van der Waals surface area (Å²) in [6, 6.07) is 4.58. The van der Waals surface area contributed by atoms with Gasteiger partial charge in [0, 0.05) is 18.4 Å². The molecule has 1 heterocycles. The number of unbranched alkanes of at least 4 members (excludes halogenated alkanes) is 1. The lowest BCUT2D eigenvalue weighted by Crippen LogP contribution is -2.25. The second-order valence-corrected chi connectivity index (χ2v) is 3.90. The Balaban J connectivity index is 2.84. The van der Waals surface area contributed by atoms with Crippen LogP contribution in [0.4, 0.5) is 8.78 Å². The summed E-state index contributed by atoms with van der Waals surface area (Å²) < 4.78 is 25.9. The van der Waals surface area contributed by atoms with Crippen LogP contribution in [0.15, 0.2) is 23.9 Å². The minimum atomic E-state index is -2.70. The average molecular weight is 267 g/mol. The zero-order chi connectivity index (χ0) is 14.3. The number of halogens is 2. The molecular formula is C13H15F2N3O. The monoisotopic (exact) mass is 267 g/mol. The molecule has 0 spiro atoms. The summed E-state index contributed by atoms with van der Waals surface area (Å²) in [5.74, 6) is -0.544. The number of carbonyl (C=O) groups excluding carboxylic acids is 1. The lowest BCUT2D eigenvalue weighted by Gasteiger charge is -2.05. The first-order valence-electron chi connectivity index (χ1n) is 5.95. The lowest BCUT2D eigenvalue weighted by atomic mass is 10.2. The van der Waals surface area contributed by atoms with Crippen molar-refractivity contribution < 1.29 is 13.6 Å². The molecule has 0 bridgehead atoms. The molecule has 0 aliphatic heterocycles. The van der Waals surface area contributed by atoms with Crippen LogP contribution in [0.25, 0.3) is 6.08 Å². The van der Waals surface area contributed by atoms with E-state index < -0.39 is 12.5 Å². The molecule has 102 valence electrons. The summed E-state index contributed by atoms with van der Waals surface area (Å²) in [5.41, 5.74) is -0.0612. The molecule has 0 unspecified atom stereocenters. The number of hydrogen-bond acceptors (Lipinski definition) is 2. The van der Waals surface area contributed by atoms with Gasteiger partial charge in [0.1, 0.15) is 11.6 Å². The minimum Gasteiger partial charge on any atom is -0.351 e. The number of nitriles is 1. The second-order valence-electron chi connectivity index (χ2n) is 3.90. The summed E-state index contributed by atoms with van der Waals surface area (Å²) >= 11 is 0. The molecule has 1 aromatic heterocycles. The smallest absolute Gasteiger partial charge is 0.318 e. The summed E-state index contributed by atoms with van der Waals surface area (Å²) in [6.45, 7) is -0.267. The molecule has 0 aromatic carbocycles. The van der Waals surface area contributed by atoms with Crippen molar-refractivity contribution in [2.75, 3.05) is 6.54 Å². The highest BCUT2D eigenvalue weighted by molar-refractivity contribution is 6.01. The molecule has 1 rings (SSSR count). The van der Waals surface area contributed by atoms with E-state index in [0.29, 0.717) is 11.1 Å². The Kier molecular flexibility index (Phi) is 5.73. The molecule has 0 aliphatic carbocycles. The van der Waals surface area contributed by atoms with E-state index in [4.69, 9.17) is 5.26 Å². The van der Waals surface area contributed by atoms with Gasteiger partial charge in [0.25, 0.3) is 5.91 Å². The van der Waals surface area contributed by atoms with Crippen LogP contribution >= 0.6 is 0 Å². The normalized spacial score (nSPS) is 11.4. The molecule has 1 amide bonds. The number of carbonyl (C=O) groups is 1. The number of nitrogens with one attached hydrogen (secondary N) is 1. The summed E-state index contributed by atoms with van der Waals surface area (Å²) in [6.07, 6.45) is 4.08. The van der Waals surface area contributed by atoms with Crippen LogP contribution in [0.1, 0.15) is 32.0 Å². The van der Waals surface area contributed by atoms with Crippen LogP contribution in [-0.4, -0.2) is 17.0 Å². The van der Waals surface area contributed by atoms with Crippen LogP contribution in [0.5, 0.6) is 0 Å². The third kappa shape index (κ3) is 4.21. The van der Waals surface area contributed by atoms with Crippen LogP contribution in [0.3, 0.4) is 0 Å². The molecular weight excluding hydrogens is 252 g/mol. The number of aromatic nitrogens is 1. The number of amides is 1. The summed E-state index contributed by atoms with van der Waals surface area (Å²) in [7, 11) is 0. The maximum atomic E-state index is 12.6. The van der Waals surface area contributed by atoms with Gasteiger partial charge in [-0.2, -0.15) is 14.0 Å². The lowest BCUT2D eigenvalue weighted by molar-refractivity contribution is -0.117. The van der Waals surface area contributed by atoms with Gasteiger partial charge in [-0.15, -0.1) is 0 Å². The molecule has 0 saturated carbocycles. The van der Waals surface area contributed by atoms with Gasteiger partial charge in [-0.05, 0) is 24.6 Å². The zero-order valence-corrected chi connectivity index (χ0v) is 10.6. The highest BCUT2D eigenvalue weighted by Crippen LogP contribution is 2.17. The Bertz CT molecular complexity index is 500. The molecule has 19 heavy (non-hydrogen) atoms. The predicted octanol–water partition coefficient (Wildman–Crippen LogP) is 2.71. The van der Waals surface area contributed by atoms with Crippen molar-refractivity contribution in [2.24, 2.45) is 0 Å². The van der Waals surface area contributed by atoms with Gasteiger partial charge in [0.15, 0.2) is 0 Å². The van der Waals surface area contributed by atoms with Crippen molar-refractivity contribution in [3.05, 3.63) is 29.6 Å². The Labute approximate surface area is 110 Å². The predicted molar refractivity (Wildman–Crippen MR) is 67.2 cm³/mol. The average Bonchev–Trinajstić information content (AvgIpc) is 2.84. The van der Waals surface area contributed by atoms with Gasteiger partial charge in [-0.25, -0.2) is 0 Å². The fourth-order valence-corrected chi connectivity index (χ4v) is 1.48. The van der Waals surface area contributed by atoms with Gasteiger partial charge in [-0.3, -0.25) is 9.36 Å². The van der Waals surface area contributed by atoms with Crippen molar-refractivity contribution in [1.29, 1.82) is 5.26 Å². The maximum absolute atomic E-state index is 12.6. The number of rotatable bonds is 6. The first-order chi connectivity index (χ1) is 9.10. The van der Waals surface area contributed by atoms with Crippen molar-refractivity contribution in [3.63, 3.8) is 0 Å². The third-order valence-electron chi connectivity index (χ3n) is 2.50. The van der Waals surface area contributed by atoms with Crippen molar-refractivity contribution >= 4 is 12.0 Å². The van der Waals surface area contributed by atoms with E-state index in [2.05, 4.69) is 5.32 Å². The summed E-state index contributed by atoms with van der Waals surface area (Å²) in [4.78, 5) is 11.7. The second kappa shape index (κ2) is 7.31. The molecule has 0 saturated heterocycles. The van der Waals surface area contributed by atoms with E-state index in [0.717, 1.165) is 18.9 Å². The van der Waals surface area contributed by atoms with E-state index in [1.54, 1.807) is 6.07 Å². The Morgan fingerprint density at radius 3 is 2.95 bits per heavy atom. The van der Waals surface area contributed by atoms with Crippen LogP contribution in [-0.2, 0) is 4.79 Å². The van der Waals surface area contributed by atoms with Crippen LogP contribution < -0.4 is 5.32 Å². The SMILES string of the molecule is CCCCNC(=O)C(C#N)=Cc1cccn1C(F)F. The Morgan fingerprint density at radius 2 is 2.37 bits per heavy atom. The van der Waals surface area contributed by atoms with Crippen molar-refractivity contribution in [3.8, 4) is 6.07 Å². The van der Waals surface area contributed by atoms with Crippen LogP contribution in [0.2, 0.25) is 0 Å². The maximum Gasteiger partial charge on any atom is 0.318 e. The molecule has 1 N–H and O–H groups in total. The largest absolute Gasteiger partial charge is 0.351 e. The van der Waals surface area contributed by atoms with Crippen molar-refractivity contribution in [2.45, 2.75) is 26.3 Å². The van der Waals surface area contributed by atoms with Gasteiger partial charge in [0.05, 0.1) is 0 Å². The fourth-order valence-electron chi connectivity index (χ4n) is 1.48. The topological polar surface area (TPSA) is 57.8 Å². The molecule has 0 fully saturated rings. The highest BCUT2D eigenvalue weighted by Gasteiger charge is 2.12. The molecule has 0 atom stereocenters. The first-order valence-corrected chi connectivity index (χ1v) is 5.95. The quantitative estimate of drug-likeness (QED) is 0.489. The standard InChI is InChI=1S/C13H15F2N3O/c1-2-3-6-17-12(19)10(9-16)8-11-5-4-7-18(11)13(14)15/h4-5,7-8,13H,2-3,6H2,1H3,(H,17,19). The van der Waals surface area contributed by atoms with E-state index in [9.17, 15) is 13.6 Å². The van der Waals surface area contributed by atoms with Gasteiger partial charge in [0.2, 0.25) is 0 Å². The van der Waals surface area contributed by atoms with E-state index in [1.807, 2.05) is 6.92 Å². The molecule has 6 heteroatoms.